The lowest BCUT2D eigenvalue weighted by atomic mass is 9.76. The largest absolute Gasteiger partial charge is 0.454 e. The molecule has 3 atom stereocenters. The van der Waals surface area contributed by atoms with Crippen LogP contribution in [0.5, 0.6) is 0 Å². The molecule has 0 radical (unpaired) electrons. The van der Waals surface area contributed by atoms with E-state index in [1.165, 1.54) is 17.0 Å². The van der Waals surface area contributed by atoms with E-state index in [9.17, 15) is 19.2 Å². The highest BCUT2D eigenvalue weighted by molar-refractivity contribution is 6.30. The molecule has 1 saturated carbocycles. The quantitative estimate of drug-likeness (QED) is 0.394. The number of benzene rings is 2. The minimum absolute atomic E-state index is 0.172. The minimum Gasteiger partial charge on any atom is -0.454 e. The second-order valence-corrected chi connectivity index (χ2v) is 8.64. The van der Waals surface area contributed by atoms with Crippen molar-refractivity contribution < 1.29 is 23.9 Å². The Morgan fingerprint density at radius 3 is 2.45 bits per heavy atom. The molecule has 0 unspecified atom stereocenters. The summed E-state index contributed by atoms with van der Waals surface area (Å²) in [6.45, 7) is 1.67. The summed E-state index contributed by atoms with van der Waals surface area (Å²) >= 11 is 5.81. The number of halogens is 1. The molecule has 0 spiro atoms. The molecule has 2 amide bonds. The number of amides is 2. The van der Waals surface area contributed by atoms with Crippen molar-refractivity contribution >= 4 is 40.9 Å². The van der Waals surface area contributed by atoms with E-state index in [2.05, 4.69) is 6.92 Å². The van der Waals surface area contributed by atoms with Gasteiger partial charge in [-0.1, -0.05) is 24.6 Å². The molecule has 4 rings (SSSR count). The van der Waals surface area contributed by atoms with Gasteiger partial charge in [-0.2, -0.15) is 0 Å². The van der Waals surface area contributed by atoms with Crippen molar-refractivity contribution in [1.29, 1.82) is 0 Å². The molecule has 7 heteroatoms. The van der Waals surface area contributed by atoms with Gasteiger partial charge < -0.3 is 4.74 Å². The highest BCUT2D eigenvalue weighted by Crippen LogP contribution is 2.42. The monoisotopic (exact) mass is 439 g/mol. The van der Waals surface area contributed by atoms with Gasteiger partial charge in [0.05, 0.1) is 23.1 Å². The topological polar surface area (TPSA) is 80.8 Å². The molecule has 31 heavy (non-hydrogen) atoms. The fourth-order valence-corrected chi connectivity index (χ4v) is 4.48. The third-order valence-electron chi connectivity index (χ3n) is 6.03. The van der Waals surface area contributed by atoms with Crippen LogP contribution in [0.4, 0.5) is 5.69 Å². The number of anilines is 1. The maximum absolute atomic E-state index is 12.9. The third kappa shape index (κ3) is 4.26. The van der Waals surface area contributed by atoms with Crippen molar-refractivity contribution in [2.24, 2.45) is 17.8 Å². The Hall–Kier alpha value is -2.99. The fourth-order valence-electron chi connectivity index (χ4n) is 4.35. The highest BCUT2D eigenvalue weighted by atomic mass is 35.5. The number of fused-ring (bicyclic) bond motifs is 1. The van der Waals surface area contributed by atoms with E-state index >= 15 is 0 Å². The lowest BCUT2D eigenvalue weighted by Crippen LogP contribution is -2.31. The zero-order valence-electron chi connectivity index (χ0n) is 17.0. The number of rotatable bonds is 5. The summed E-state index contributed by atoms with van der Waals surface area (Å²) in [5.41, 5.74) is 0.914. The first-order chi connectivity index (χ1) is 14.8. The first kappa shape index (κ1) is 21.2. The second kappa shape index (κ2) is 8.63. The smallest absolute Gasteiger partial charge is 0.338 e. The van der Waals surface area contributed by atoms with Gasteiger partial charge in [0.1, 0.15) is 0 Å². The van der Waals surface area contributed by atoms with Crippen LogP contribution >= 0.6 is 11.6 Å². The standard InChI is InChI=1S/C24H22ClNO5/c1-14-5-10-19-20(11-14)23(29)26(22(19)28)18-4-2-3-16(12-18)24(30)31-13-21(27)15-6-8-17(25)9-7-15/h2-4,6-9,12,14,19-20H,5,10-11,13H2,1H3/t14-,19+,20-/m1/s1. The van der Waals surface area contributed by atoms with Gasteiger partial charge in [-0.15, -0.1) is 0 Å². The summed E-state index contributed by atoms with van der Waals surface area (Å²) in [5.74, 6) is -1.62. The molecule has 1 aliphatic carbocycles. The van der Waals surface area contributed by atoms with Crippen molar-refractivity contribution in [1.82, 2.24) is 0 Å². The summed E-state index contributed by atoms with van der Waals surface area (Å²) in [7, 11) is 0. The van der Waals surface area contributed by atoms with E-state index in [0.717, 1.165) is 6.42 Å². The molecular weight excluding hydrogens is 418 g/mol. The van der Waals surface area contributed by atoms with Gasteiger partial charge in [0.25, 0.3) is 0 Å². The molecule has 0 N–H and O–H groups in total. The van der Waals surface area contributed by atoms with Crippen LogP contribution in [0.3, 0.4) is 0 Å². The number of Topliss-reactive ketones (excluding diaryl/α,β-unsaturated/α-hetero) is 1. The molecular formula is C24H22ClNO5. The number of imide groups is 1. The first-order valence-corrected chi connectivity index (χ1v) is 10.7. The Kier molecular flexibility index (Phi) is 5.92. The zero-order chi connectivity index (χ0) is 22.1. The predicted molar refractivity (Wildman–Crippen MR) is 115 cm³/mol. The van der Waals surface area contributed by atoms with Gasteiger partial charge in [0, 0.05) is 10.6 Å². The van der Waals surface area contributed by atoms with Gasteiger partial charge in [0.15, 0.2) is 12.4 Å². The summed E-state index contributed by atoms with van der Waals surface area (Å²) < 4.78 is 5.14. The Morgan fingerprint density at radius 2 is 1.71 bits per heavy atom. The average Bonchev–Trinajstić information content (AvgIpc) is 3.01. The lowest BCUT2D eigenvalue weighted by molar-refractivity contribution is -0.122. The van der Waals surface area contributed by atoms with Gasteiger partial charge in [-0.25, -0.2) is 4.79 Å². The lowest BCUT2D eigenvalue weighted by Gasteiger charge is -2.25. The van der Waals surface area contributed by atoms with Gasteiger partial charge in [-0.3, -0.25) is 19.3 Å². The van der Waals surface area contributed by atoms with Crippen LogP contribution in [0.2, 0.25) is 5.02 Å². The maximum atomic E-state index is 12.9. The SMILES string of the molecule is C[C@@H]1CC[C@@H]2C(=O)N(c3cccc(C(=O)OCC(=O)c4ccc(Cl)cc4)c3)C(=O)[C@@H]2C1. The van der Waals surface area contributed by atoms with Crippen LogP contribution in [0.15, 0.2) is 48.5 Å². The summed E-state index contributed by atoms with van der Waals surface area (Å²) in [4.78, 5) is 51.7. The summed E-state index contributed by atoms with van der Waals surface area (Å²) in [6.07, 6.45) is 2.35. The van der Waals surface area contributed by atoms with Gasteiger partial charge in [-0.05, 0) is 67.6 Å². The third-order valence-corrected chi connectivity index (χ3v) is 6.28. The number of hydrogen-bond donors (Lipinski definition) is 0. The molecule has 2 aliphatic rings. The molecule has 1 saturated heterocycles. The molecule has 160 valence electrons. The molecule has 2 aromatic carbocycles. The van der Waals surface area contributed by atoms with Crippen LogP contribution in [0, 0.1) is 17.8 Å². The van der Waals surface area contributed by atoms with Crippen LogP contribution in [0.1, 0.15) is 46.9 Å². The van der Waals surface area contributed by atoms with Gasteiger partial charge in [0.2, 0.25) is 11.8 Å². The Labute approximate surface area is 185 Å². The molecule has 1 heterocycles. The van der Waals surface area contributed by atoms with E-state index in [1.807, 2.05) is 0 Å². The summed E-state index contributed by atoms with van der Waals surface area (Å²) in [5, 5.41) is 0.505. The zero-order valence-corrected chi connectivity index (χ0v) is 17.8. The second-order valence-electron chi connectivity index (χ2n) is 8.20. The number of esters is 1. The van der Waals surface area contributed by atoms with E-state index in [4.69, 9.17) is 16.3 Å². The molecule has 0 aromatic heterocycles. The number of ketones is 1. The van der Waals surface area contributed by atoms with Crippen LogP contribution in [-0.2, 0) is 14.3 Å². The Morgan fingerprint density at radius 1 is 1.00 bits per heavy atom. The van der Waals surface area contributed by atoms with E-state index in [1.54, 1.807) is 36.4 Å². The highest BCUT2D eigenvalue weighted by Gasteiger charge is 2.50. The Bertz CT molecular complexity index is 1050. The van der Waals surface area contributed by atoms with E-state index < -0.39 is 12.6 Å². The maximum Gasteiger partial charge on any atom is 0.338 e. The van der Waals surface area contributed by atoms with Gasteiger partial charge >= 0.3 is 5.97 Å². The van der Waals surface area contributed by atoms with Crippen molar-refractivity contribution in [3.8, 4) is 0 Å². The van der Waals surface area contributed by atoms with Crippen LogP contribution in [-0.4, -0.2) is 30.2 Å². The van der Waals surface area contributed by atoms with Crippen molar-refractivity contribution in [2.75, 3.05) is 11.5 Å². The average molecular weight is 440 g/mol. The first-order valence-electron chi connectivity index (χ1n) is 10.3. The van der Waals surface area contributed by atoms with E-state index in [-0.39, 0.29) is 35.0 Å². The minimum atomic E-state index is -0.700. The normalized spacial score (nSPS) is 22.9. The summed E-state index contributed by atoms with van der Waals surface area (Å²) in [6, 6.07) is 12.5. The van der Waals surface area contributed by atoms with Crippen molar-refractivity contribution in [3.05, 3.63) is 64.7 Å². The number of carbonyl (C=O) groups excluding carboxylic acids is 4. The predicted octanol–water partition coefficient (Wildman–Crippen LogP) is 4.31. The molecule has 1 aliphatic heterocycles. The van der Waals surface area contributed by atoms with Crippen molar-refractivity contribution in [2.45, 2.75) is 26.2 Å². The Balaban J connectivity index is 1.46. The van der Waals surface area contributed by atoms with Crippen molar-refractivity contribution in [3.63, 3.8) is 0 Å². The fraction of sp³-hybridized carbons (Fsp3) is 0.333. The molecule has 2 fully saturated rings. The number of ether oxygens (including phenoxy) is 1. The molecule has 2 aromatic rings. The molecule has 0 bridgehead atoms. The molecule has 6 nitrogen and oxygen atoms in total. The van der Waals surface area contributed by atoms with E-state index in [0.29, 0.717) is 35.0 Å². The van der Waals surface area contributed by atoms with Crippen LogP contribution in [0.25, 0.3) is 0 Å². The number of carbonyl (C=O) groups is 4. The number of hydrogen-bond acceptors (Lipinski definition) is 5. The number of nitrogens with zero attached hydrogens (tertiary/aromatic N) is 1. The van der Waals surface area contributed by atoms with Crippen LogP contribution < -0.4 is 4.90 Å².